The molecule has 11 heteroatoms. The molecule has 30 heavy (non-hydrogen) atoms. The molecule has 0 bridgehead atoms. The average Bonchev–Trinajstić information content (AvgIpc) is 3.29. The summed E-state index contributed by atoms with van der Waals surface area (Å²) >= 11 is 12.5. The molecule has 3 saturated heterocycles. The van der Waals surface area contributed by atoms with Gasteiger partial charge in [-0.1, -0.05) is 23.2 Å². The van der Waals surface area contributed by atoms with Crippen LogP contribution in [0, 0.1) is 5.92 Å². The molecule has 0 aromatic heterocycles. The average molecular weight is 479 g/mol. The summed E-state index contributed by atoms with van der Waals surface area (Å²) in [5, 5.41) is 0.132. The lowest BCUT2D eigenvalue weighted by molar-refractivity contribution is -0.0956. The largest absolute Gasteiger partial charge is 0.379 e. The quantitative estimate of drug-likeness (QED) is 0.659. The molecule has 3 fully saturated rings. The van der Waals surface area contributed by atoms with Crippen LogP contribution < -0.4 is 0 Å². The van der Waals surface area contributed by atoms with Crippen molar-refractivity contribution >= 4 is 39.1 Å². The van der Waals surface area contributed by atoms with Gasteiger partial charge in [-0.25, -0.2) is 8.42 Å². The molecule has 3 aliphatic rings. The molecule has 1 aromatic rings. The lowest BCUT2D eigenvalue weighted by atomic mass is 9.95. The standard InChI is InChI=1S/C19H24Cl2N2O6S/c20-15-12-16(21)17(30(25,26)23-5-7-27-8-6-23)11-14(15)18(24)22-3-1-13(2-4-22)19-28-9-10-29-19/h11-13,19H,1-10H2. The van der Waals surface area contributed by atoms with Crippen molar-refractivity contribution in [3.8, 4) is 0 Å². The number of sulfonamides is 1. The van der Waals surface area contributed by atoms with Crippen LogP contribution >= 0.6 is 23.2 Å². The predicted molar refractivity (Wildman–Crippen MR) is 110 cm³/mol. The lowest BCUT2D eigenvalue weighted by Crippen LogP contribution is -2.42. The second-order valence-electron chi connectivity index (χ2n) is 7.52. The zero-order valence-electron chi connectivity index (χ0n) is 16.4. The number of hydrogen-bond donors (Lipinski definition) is 0. The fourth-order valence-corrected chi connectivity index (χ4v) is 6.25. The highest BCUT2D eigenvalue weighted by molar-refractivity contribution is 7.89. The molecule has 1 aromatic carbocycles. The van der Waals surface area contributed by atoms with E-state index in [1.54, 1.807) is 4.90 Å². The molecule has 1 amide bonds. The molecule has 0 spiro atoms. The smallest absolute Gasteiger partial charge is 0.255 e. The van der Waals surface area contributed by atoms with Crippen molar-refractivity contribution in [3.63, 3.8) is 0 Å². The first-order chi connectivity index (χ1) is 14.4. The molecule has 8 nitrogen and oxygen atoms in total. The van der Waals surface area contributed by atoms with Crippen molar-refractivity contribution in [2.24, 2.45) is 5.92 Å². The van der Waals surface area contributed by atoms with Gasteiger partial charge in [-0.05, 0) is 25.0 Å². The summed E-state index contributed by atoms with van der Waals surface area (Å²) in [6.07, 6.45) is 1.30. The van der Waals surface area contributed by atoms with E-state index < -0.39 is 10.0 Å². The number of hydrogen-bond acceptors (Lipinski definition) is 6. The number of carbonyl (C=O) groups is 1. The highest BCUT2D eigenvalue weighted by Gasteiger charge is 2.34. The summed E-state index contributed by atoms with van der Waals surface area (Å²) < 4.78 is 43.8. The molecule has 3 aliphatic heterocycles. The second-order valence-corrected chi connectivity index (χ2v) is 10.2. The summed E-state index contributed by atoms with van der Waals surface area (Å²) in [6, 6.07) is 2.63. The zero-order chi connectivity index (χ0) is 21.3. The zero-order valence-corrected chi connectivity index (χ0v) is 18.7. The third-order valence-electron chi connectivity index (χ3n) is 5.70. The van der Waals surface area contributed by atoms with Gasteiger partial charge in [0.1, 0.15) is 4.90 Å². The summed E-state index contributed by atoms with van der Waals surface area (Å²) in [6.45, 7) is 3.37. The minimum Gasteiger partial charge on any atom is -0.379 e. The van der Waals surface area contributed by atoms with Crippen molar-refractivity contribution in [1.82, 2.24) is 9.21 Å². The number of carbonyl (C=O) groups excluding carboxylic acids is 1. The van der Waals surface area contributed by atoms with Gasteiger partial charge in [-0.2, -0.15) is 4.31 Å². The van der Waals surface area contributed by atoms with Gasteiger partial charge in [0.2, 0.25) is 10.0 Å². The van der Waals surface area contributed by atoms with E-state index in [2.05, 4.69) is 0 Å². The summed E-state index contributed by atoms with van der Waals surface area (Å²) in [4.78, 5) is 14.7. The molecular formula is C19H24Cl2N2O6S. The Morgan fingerprint density at radius 2 is 1.57 bits per heavy atom. The molecule has 0 N–H and O–H groups in total. The van der Waals surface area contributed by atoms with Gasteiger partial charge in [0.15, 0.2) is 6.29 Å². The van der Waals surface area contributed by atoms with Crippen LogP contribution in [0.5, 0.6) is 0 Å². The Morgan fingerprint density at radius 3 is 2.20 bits per heavy atom. The van der Waals surface area contributed by atoms with E-state index in [1.165, 1.54) is 16.4 Å². The maximum atomic E-state index is 13.1. The number of morpholine rings is 1. The molecule has 3 heterocycles. The highest BCUT2D eigenvalue weighted by atomic mass is 35.5. The van der Waals surface area contributed by atoms with Crippen molar-refractivity contribution in [1.29, 1.82) is 0 Å². The molecule has 0 atom stereocenters. The van der Waals surface area contributed by atoms with E-state index in [4.69, 9.17) is 37.4 Å². The van der Waals surface area contributed by atoms with Crippen LogP contribution in [0.1, 0.15) is 23.2 Å². The molecule has 0 unspecified atom stereocenters. The van der Waals surface area contributed by atoms with Crippen LogP contribution in [0.4, 0.5) is 0 Å². The third-order valence-corrected chi connectivity index (χ3v) is 8.38. The topological polar surface area (TPSA) is 85.4 Å². The predicted octanol–water partition coefficient (Wildman–Crippen LogP) is 2.24. The van der Waals surface area contributed by atoms with E-state index in [-0.39, 0.29) is 51.7 Å². The Hall–Kier alpha value is -0.940. The van der Waals surface area contributed by atoms with Crippen LogP contribution in [0.3, 0.4) is 0 Å². The monoisotopic (exact) mass is 478 g/mol. The van der Waals surface area contributed by atoms with Crippen molar-refractivity contribution in [2.45, 2.75) is 24.0 Å². The molecule has 0 saturated carbocycles. The maximum absolute atomic E-state index is 13.1. The normalized spacial score (nSPS) is 22.5. The van der Waals surface area contributed by atoms with E-state index in [9.17, 15) is 13.2 Å². The number of halogens is 2. The van der Waals surface area contributed by atoms with E-state index in [0.717, 1.165) is 12.8 Å². The van der Waals surface area contributed by atoms with E-state index in [1.807, 2.05) is 0 Å². The van der Waals surface area contributed by atoms with Gasteiger partial charge >= 0.3 is 0 Å². The third kappa shape index (κ3) is 4.48. The minimum absolute atomic E-state index is 0.00252. The Labute approximate surface area is 186 Å². The van der Waals surface area contributed by atoms with Crippen molar-refractivity contribution in [2.75, 3.05) is 52.6 Å². The Bertz CT molecular complexity index is 893. The first-order valence-electron chi connectivity index (χ1n) is 9.97. The van der Waals surface area contributed by atoms with Gasteiger partial charge in [-0.3, -0.25) is 4.79 Å². The van der Waals surface area contributed by atoms with Gasteiger partial charge < -0.3 is 19.1 Å². The number of likely N-dealkylation sites (tertiary alicyclic amines) is 1. The number of ether oxygens (including phenoxy) is 3. The van der Waals surface area contributed by atoms with Crippen LogP contribution in [0.25, 0.3) is 0 Å². The maximum Gasteiger partial charge on any atom is 0.255 e. The number of rotatable bonds is 4. The van der Waals surface area contributed by atoms with E-state index >= 15 is 0 Å². The van der Waals surface area contributed by atoms with Gasteiger partial charge in [0.25, 0.3) is 5.91 Å². The van der Waals surface area contributed by atoms with Crippen LogP contribution in [0.2, 0.25) is 10.0 Å². The second kappa shape index (κ2) is 9.28. The highest BCUT2D eigenvalue weighted by Crippen LogP contribution is 2.33. The number of amides is 1. The Balaban J connectivity index is 1.52. The minimum atomic E-state index is -3.86. The molecule has 4 rings (SSSR count). The van der Waals surface area contributed by atoms with Gasteiger partial charge in [0.05, 0.1) is 42.0 Å². The summed E-state index contributed by atoms with van der Waals surface area (Å²) in [5.41, 5.74) is 0.139. The Morgan fingerprint density at radius 1 is 0.933 bits per heavy atom. The molecule has 0 radical (unpaired) electrons. The van der Waals surface area contributed by atoms with E-state index in [0.29, 0.717) is 39.5 Å². The Kier molecular flexibility index (Phi) is 6.88. The molecule has 166 valence electrons. The lowest BCUT2D eigenvalue weighted by Gasteiger charge is -2.34. The molecule has 0 aliphatic carbocycles. The van der Waals surface area contributed by atoms with Crippen LogP contribution in [-0.2, 0) is 24.2 Å². The number of benzene rings is 1. The SMILES string of the molecule is O=C(c1cc(S(=O)(=O)N2CCOCC2)c(Cl)cc1Cl)N1CCC(C2OCCO2)CC1. The van der Waals surface area contributed by atoms with Crippen LogP contribution in [0.15, 0.2) is 17.0 Å². The van der Waals surface area contributed by atoms with Crippen molar-refractivity contribution < 1.29 is 27.4 Å². The fraction of sp³-hybridized carbons (Fsp3) is 0.632. The summed E-state index contributed by atoms with van der Waals surface area (Å²) in [7, 11) is -3.86. The fourth-order valence-electron chi connectivity index (χ4n) is 4.01. The number of nitrogens with zero attached hydrogens (tertiary/aromatic N) is 2. The molecular weight excluding hydrogens is 455 g/mol. The van der Waals surface area contributed by atoms with Gasteiger partial charge in [-0.15, -0.1) is 0 Å². The van der Waals surface area contributed by atoms with Crippen molar-refractivity contribution in [3.05, 3.63) is 27.7 Å². The number of piperidine rings is 1. The van der Waals surface area contributed by atoms with Crippen LogP contribution in [-0.4, -0.2) is 82.4 Å². The first-order valence-corrected chi connectivity index (χ1v) is 12.2. The summed E-state index contributed by atoms with van der Waals surface area (Å²) in [5.74, 6) is -0.0590. The first kappa shape index (κ1) is 22.3. The van der Waals surface area contributed by atoms with Gasteiger partial charge in [0, 0.05) is 32.1 Å².